The topological polar surface area (TPSA) is 104 Å². The van der Waals surface area contributed by atoms with Crippen molar-refractivity contribution in [3.8, 4) is 5.75 Å². The lowest BCUT2D eigenvalue weighted by atomic mass is 9.76. The van der Waals surface area contributed by atoms with Gasteiger partial charge in [-0.05, 0) is 55.3 Å². The van der Waals surface area contributed by atoms with E-state index in [2.05, 4.69) is 15.6 Å². The number of fused-ring (bicyclic) bond motifs is 5. The standard InChI is InChI=1S/C30H26N4O4/c1-16-7-12-23-21(13-16)30(29(37)32-23)26-25(24(33-30)14-17-15-31-22-6-4-3-5-20(17)22)27(35)34(28(26)36)18-8-10-19(38-2)11-9-18/h3-13,15,24-26,31,33H,14H2,1-2H3,(H,32,37)/t24-,25-,26+,30+/m1/s1. The van der Waals surface area contributed by atoms with Crippen LogP contribution in [0.15, 0.2) is 72.9 Å². The van der Waals surface area contributed by atoms with Gasteiger partial charge in [-0.1, -0.05) is 35.9 Å². The lowest BCUT2D eigenvalue weighted by Gasteiger charge is -2.29. The first-order valence-electron chi connectivity index (χ1n) is 12.7. The fourth-order valence-corrected chi connectivity index (χ4v) is 6.61. The van der Waals surface area contributed by atoms with Gasteiger partial charge in [-0.3, -0.25) is 19.7 Å². The van der Waals surface area contributed by atoms with Gasteiger partial charge in [0.05, 0.1) is 24.6 Å². The molecule has 38 heavy (non-hydrogen) atoms. The van der Waals surface area contributed by atoms with Gasteiger partial charge in [0.15, 0.2) is 0 Å². The van der Waals surface area contributed by atoms with Crippen LogP contribution in [0.2, 0.25) is 0 Å². The third kappa shape index (κ3) is 2.98. The summed E-state index contributed by atoms with van der Waals surface area (Å²) in [4.78, 5) is 46.6. The second-order valence-electron chi connectivity index (χ2n) is 10.3. The number of aryl methyl sites for hydroxylation is 1. The average Bonchev–Trinajstić information content (AvgIpc) is 3.63. The van der Waals surface area contributed by atoms with Crippen molar-refractivity contribution >= 4 is 40.0 Å². The third-order valence-electron chi connectivity index (χ3n) is 8.32. The molecule has 3 N–H and O–H groups in total. The molecule has 8 nitrogen and oxygen atoms in total. The quantitative estimate of drug-likeness (QED) is 0.367. The fourth-order valence-electron chi connectivity index (χ4n) is 6.61. The van der Waals surface area contributed by atoms with E-state index < -0.39 is 23.4 Å². The second-order valence-corrected chi connectivity index (χ2v) is 10.3. The van der Waals surface area contributed by atoms with Crippen LogP contribution in [0.1, 0.15) is 16.7 Å². The molecule has 3 aliphatic rings. The molecular formula is C30H26N4O4. The molecular weight excluding hydrogens is 480 g/mol. The molecule has 3 amide bonds. The number of nitrogens with zero attached hydrogens (tertiary/aromatic N) is 1. The molecule has 4 aromatic rings. The number of ether oxygens (including phenoxy) is 1. The fraction of sp³-hybridized carbons (Fsp3) is 0.233. The Labute approximate surface area is 219 Å². The van der Waals surface area contributed by atoms with Gasteiger partial charge in [-0.15, -0.1) is 0 Å². The van der Waals surface area contributed by atoms with E-state index in [9.17, 15) is 14.4 Å². The number of carbonyl (C=O) groups is 3. The number of amides is 3. The number of aromatic amines is 1. The summed E-state index contributed by atoms with van der Waals surface area (Å²) < 4.78 is 5.26. The SMILES string of the molecule is COc1ccc(N2C(=O)[C@H]3[C@@H](C2=O)[C@]2(N[C@@H]3Cc3c[nH]c4ccccc34)C(=O)Nc3ccc(C)cc32)cc1. The zero-order valence-electron chi connectivity index (χ0n) is 20.9. The monoisotopic (exact) mass is 506 g/mol. The molecule has 3 aliphatic heterocycles. The van der Waals surface area contributed by atoms with Crippen molar-refractivity contribution in [3.05, 3.63) is 89.6 Å². The smallest absolute Gasteiger partial charge is 0.250 e. The van der Waals surface area contributed by atoms with Gasteiger partial charge in [0.2, 0.25) is 17.7 Å². The molecule has 7 rings (SSSR count). The number of para-hydroxylation sites is 1. The number of rotatable bonds is 4. The van der Waals surface area contributed by atoms with Gasteiger partial charge in [-0.2, -0.15) is 0 Å². The number of carbonyl (C=O) groups excluding carboxylic acids is 3. The Balaban J connectivity index is 1.37. The van der Waals surface area contributed by atoms with Gasteiger partial charge in [-0.25, -0.2) is 4.90 Å². The van der Waals surface area contributed by atoms with Crippen LogP contribution in [0, 0.1) is 18.8 Å². The van der Waals surface area contributed by atoms with Crippen LogP contribution >= 0.6 is 0 Å². The number of hydrogen-bond acceptors (Lipinski definition) is 5. The number of hydrogen-bond donors (Lipinski definition) is 3. The molecule has 4 atom stereocenters. The molecule has 4 heterocycles. The molecule has 8 heteroatoms. The highest BCUT2D eigenvalue weighted by Crippen LogP contribution is 2.54. The Hall–Kier alpha value is -4.43. The molecule has 0 bridgehead atoms. The molecule has 3 aromatic carbocycles. The average molecular weight is 507 g/mol. The number of aromatic nitrogens is 1. The van der Waals surface area contributed by atoms with Crippen molar-refractivity contribution in [2.45, 2.75) is 24.9 Å². The minimum Gasteiger partial charge on any atom is -0.497 e. The van der Waals surface area contributed by atoms with E-state index in [-0.39, 0.29) is 17.7 Å². The molecule has 0 radical (unpaired) electrons. The molecule has 1 aromatic heterocycles. The predicted octanol–water partition coefficient (Wildman–Crippen LogP) is 3.65. The van der Waals surface area contributed by atoms with Crippen LogP contribution in [0.3, 0.4) is 0 Å². The van der Waals surface area contributed by atoms with Crippen LogP contribution in [-0.2, 0) is 26.3 Å². The number of methoxy groups -OCH3 is 1. The van der Waals surface area contributed by atoms with Crippen molar-refractivity contribution in [2.75, 3.05) is 17.3 Å². The summed E-state index contributed by atoms with van der Waals surface area (Å²) in [5.74, 6) is -1.93. The predicted molar refractivity (Wildman–Crippen MR) is 143 cm³/mol. The molecule has 1 spiro atoms. The summed E-state index contributed by atoms with van der Waals surface area (Å²) in [6, 6.07) is 20.2. The summed E-state index contributed by atoms with van der Waals surface area (Å²) in [6.07, 6.45) is 2.43. The molecule has 0 aliphatic carbocycles. The molecule has 0 saturated carbocycles. The Morgan fingerprint density at radius 1 is 0.974 bits per heavy atom. The summed E-state index contributed by atoms with van der Waals surface area (Å²) in [5, 5.41) is 7.58. The van der Waals surface area contributed by atoms with E-state index in [1.54, 1.807) is 31.4 Å². The minimum atomic E-state index is -1.34. The maximum Gasteiger partial charge on any atom is 0.250 e. The molecule has 190 valence electrons. The van der Waals surface area contributed by atoms with Gasteiger partial charge < -0.3 is 15.0 Å². The number of imide groups is 1. The third-order valence-corrected chi connectivity index (χ3v) is 8.32. The van der Waals surface area contributed by atoms with Crippen LogP contribution in [0.4, 0.5) is 11.4 Å². The van der Waals surface area contributed by atoms with Crippen LogP contribution in [0.25, 0.3) is 10.9 Å². The highest BCUT2D eigenvalue weighted by atomic mass is 16.5. The van der Waals surface area contributed by atoms with Gasteiger partial charge in [0, 0.05) is 34.4 Å². The first-order chi connectivity index (χ1) is 18.4. The Kier molecular flexibility index (Phi) is 4.81. The van der Waals surface area contributed by atoms with E-state index in [1.807, 2.05) is 55.6 Å². The number of H-pyrrole nitrogens is 1. The molecule has 2 saturated heterocycles. The van der Waals surface area contributed by atoms with Gasteiger partial charge in [0.1, 0.15) is 11.3 Å². The van der Waals surface area contributed by atoms with Crippen LogP contribution in [0.5, 0.6) is 5.75 Å². The van der Waals surface area contributed by atoms with Gasteiger partial charge >= 0.3 is 0 Å². The molecule has 0 unspecified atom stereocenters. The summed E-state index contributed by atoms with van der Waals surface area (Å²) in [7, 11) is 1.56. The second kappa shape index (κ2) is 8.03. The maximum atomic E-state index is 14.2. The Morgan fingerprint density at radius 2 is 1.76 bits per heavy atom. The molecule has 2 fully saturated rings. The van der Waals surface area contributed by atoms with Crippen molar-refractivity contribution in [2.24, 2.45) is 11.8 Å². The number of anilines is 2. The highest BCUT2D eigenvalue weighted by Gasteiger charge is 2.70. The van der Waals surface area contributed by atoms with Crippen molar-refractivity contribution in [1.29, 1.82) is 0 Å². The Bertz CT molecular complexity index is 1640. The summed E-state index contributed by atoms with van der Waals surface area (Å²) in [5.41, 5.74) is 3.52. The lowest BCUT2D eigenvalue weighted by Crippen LogP contribution is -2.53. The van der Waals surface area contributed by atoms with Crippen molar-refractivity contribution < 1.29 is 19.1 Å². The zero-order valence-corrected chi connectivity index (χ0v) is 20.9. The highest BCUT2D eigenvalue weighted by molar-refractivity contribution is 6.25. The first kappa shape index (κ1) is 22.7. The van der Waals surface area contributed by atoms with Crippen molar-refractivity contribution in [3.63, 3.8) is 0 Å². The van der Waals surface area contributed by atoms with E-state index >= 15 is 0 Å². The lowest BCUT2D eigenvalue weighted by molar-refractivity contribution is -0.130. The normalized spacial score (nSPS) is 25.8. The van der Waals surface area contributed by atoms with Crippen molar-refractivity contribution in [1.82, 2.24) is 10.3 Å². The summed E-state index contributed by atoms with van der Waals surface area (Å²) >= 11 is 0. The van der Waals surface area contributed by atoms with Gasteiger partial charge in [0.25, 0.3) is 0 Å². The van der Waals surface area contributed by atoms with E-state index in [0.29, 0.717) is 23.5 Å². The first-order valence-corrected chi connectivity index (χ1v) is 12.7. The van der Waals surface area contributed by atoms with Crippen LogP contribution in [-0.4, -0.2) is 35.9 Å². The maximum absolute atomic E-state index is 14.2. The number of benzene rings is 3. The Morgan fingerprint density at radius 3 is 2.55 bits per heavy atom. The zero-order chi connectivity index (χ0) is 26.2. The minimum absolute atomic E-state index is 0.298. The van der Waals surface area contributed by atoms with E-state index in [0.717, 1.165) is 27.6 Å². The van der Waals surface area contributed by atoms with E-state index in [1.165, 1.54) is 4.90 Å². The largest absolute Gasteiger partial charge is 0.497 e. The van der Waals surface area contributed by atoms with E-state index in [4.69, 9.17) is 4.74 Å². The van der Waals surface area contributed by atoms with Crippen LogP contribution < -0.4 is 20.3 Å². The summed E-state index contributed by atoms with van der Waals surface area (Å²) in [6.45, 7) is 1.96. The number of nitrogens with one attached hydrogen (secondary N) is 3.